The second kappa shape index (κ2) is 6.44. The lowest BCUT2D eigenvalue weighted by Gasteiger charge is -2.24. The lowest BCUT2D eigenvalue weighted by molar-refractivity contribution is 0.0986. The minimum Gasteiger partial charge on any atom is -0.383 e. The number of nitrogens with zero attached hydrogens (tertiary/aromatic N) is 1. The molecule has 0 fully saturated rings. The van der Waals surface area contributed by atoms with Gasteiger partial charge in [-0.25, -0.2) is 0 Å². The van der Waals surface area contributed by atoms with E-state index in [-0.39, 0.29) is 5.91 Å². The van der Waals surface area contributed by atoms with Gasteiger partial charge in [0.15, 0.2) is 0 Å². The third-order valence-electron chi connectivity index (χ3n) is 3.83. The molecule has 1 amide bonds. The molecule has 2 aromatic rings. The average Bonchev–Trinajstić information content (AvgIpc) is 2.65. The molecule has 0 aromatic heterocycles. The van der Waals surface area contributed by atoms with E-state index in [9.17, 15) is 4.79 Å². The summed E-state index contributed by atoms with van der Waals surface area (Å²) in [5, 5.41) is 3.45. The molecule has 0 bridgehead atoms. The Kier molecular flexibility index (Phi) is 4.20. The fraction of sp³-hybridized carbons (Fsp3) is 0.278. The SMILES string of the molecule is O=C(c1ccccc1)N1CCCCCNc2ccccc21. The lowest BCUT2D eigenvalue weighted by atomic mass is 10.1. The van der Waals surface area contributed by atoms with E-state index in [1.165, 1.54) is 0 Å². The first kappa shape index (κ1) is 13.7. The van der Waals surface area contributed by atoms with Gasteiger partial charge in [0.1, 0.15) is 0 Å². The van der Waals surface area contributed by atoms with E-state index in [1.54, 1.807) is 0 Å². The summed E-state index contributed by atoms with van der Waals surface area (Å²) in [6.07, 6.45) is 3.32. The molecule has 1 aliphatic rings. The minimum absolute atomic E-state index is 0.0757. The van der Waals surface area contributed by atoms with Crippen LogP contribution < -0.4 is 10.2 Å². The molecule has 1 heterocycles. The van der Waals surface area contributed by atoms with Crippen LogP contribution in [-0.2, 0) is 0 Å². The van der Waals surface area contributed by atoms with Gasteiger partial charge in [0.25, 0.3) is 5.91 Å². The van der Waals surface area contributed by atoms with Crippen LogP contribution >= 0.6 is 0 Å². The van der Waals surface area contributed by atoms with Gasteiger partial charge in [0, 0.05) is 18.7 Å². The summed E-state index contributed by atoms with van der Waals surface area (Å²) in [5.41, 5.74) is 2.77. The third-order valence-corrected chi connectivity index (χ3v) is 3.83. The Hall–Kier alpha value is -2.29. The van der Waals surface area contributed by atoms with Gasteiger partial charge in [0.2, 0.25) is 0 Å². The van der Waals surface area contributed by atoms with E-state index in [0.717, 1.165) is 49.3 Å². The van der Waals surface area contributed by atoms with Crippen LogP contribution in [0, 0.1) is 0 Å². The van der Waals surface area contributed by atoms with Crippen LogP contribution in [-0.4, -0.2) is 19.0 Å². The van der Waals surface area contributed by atoms with Crippen molar-refractivity contribution in [2.45, 2.75) is 19.3 Å². The second-order valence-corrected chi connectivity index (χ2v) is 5.33. The van der Waals surface area contributed by atoms with Gasteiger partial charge in [0.05, 0.1) is 11.4 Å². The van der Waals surface area contributed by atoms with Crippen LogP contribution in [0.3, 0.4) is 0 Å². The third kappa shape index (κ3) is 3.07. The molecule has 3 heteroatoms. The Balaban J connectivity index is 1.97. The van der Waals surface area contributed by atoms with Crippen LogP contribution in [0.1, 0.15) is 29.6 Å². The number of rotatable bonds is 1. The van der Waals surface area contributed by atoms with Crippen molar-refractivity contribution in [1.29, 1.82) is 0 Å². The fourth-order valence-electron chi connectivity index (χ4n) is 2.72. The second-order valence-electron chi connectivity index (χ2n) is 5.33. The Labute approximate surface area is 125 Å². The number of anilines is 2. The van der Waals surface area contributed by atoms with Gasteiger partial charge in [-0.3, -0.25) is 4.79 Å². The molecule has 0 unspecified atom stereocenters. The summed E-state index contributed by atoms with van der Waals surface area (Å²) in [6, 6.07) is 17.6. The molecule has 3 rings (SSSR count). The van der Waals surface area contributed by atoms with Crippen LogP contribution in [0.15, 0.2) is 54.6 Å². The highest BCUT2D eigenvalue weighted by Gasteiger charge is 2.20. The molecular weight excluding hydrogens is 260 g/mol. The fourth-order valence-corrected chi connectivity index (χ4v) is 2.72. The molecule has 21 heavy (non-hydrogen) atoms. The summed E-state index contributed by atoms with van der Waals surface area (Å²) in [5.74, 6) is 0.0757. The quantitative estimate of drug-likeness (QED) is 0.858. The maximum atomic E-state index is 12.8. The molecular formula is C18H20N2O. The van der Waals surface area contributed by atoms with Crippen LogP contribution in [0.2, 0.25) is 0 Å². The molecule has 1 aliphatic heterocycles. The standard InChI is InChI=1S/C18H20N2O/c21-18(15-9-3-1-4-10-15)20-14-8-2-7-13-19-16-11-5-6-12-17(16)20/h1,3-6,9-12,19H,2,7-8,13-14H2. The van der Waals surface area contributed by atoms with Crippen LogP contribution in [0.25, 0.3) is 0 Å². The molecule has 0 aliphatic carbocycles. The van der Waals surface area contributed by atoms with E-state index in [1.807, 2.05) is 59.5 Å². The number of hydrogen-bond acceptors (Lipinski definition) is 2. The molecule has 0 saturated carbocycles. The van der Waals surface area contributed by atoms with E-state index in [4.69, 9.17) is 0 Å². The zero-order valence-corrected chi connectivity index (χ0v) is 12.1. The molecule has 0 saturated heterocycles. The summed E-state index contributed by atoms with van der Waals surface area (Å²) >= 11 is 0. The number of carbonyl (C=O) groups excluding carboxylic acids is 1. The number of benzene rings is 2. The number of hydrogen-bond donors (Lipinski definition) is 1. The first-order valence-corrected chi connectivity index (χ1v) is 7.56. The summed E-state index contributed by atoms with van der Waals surface area (Å²) in [7, 11) is 0. The largest absolute Gasteiger partial charge is 0.383 e. The summed E-state index contributed by atoms with van der Waals surface area (Å²) < 4.78 is 0. The average molecular weight is 280 g/mol. The van der Waals surface area contributed by atoms with E-state index in [2.05, 4.69) is 5.32 Å². The van der Waals surface area contributed by atoms with E-state index in [0.29, 0.717) is 0 Å². The summed E-state index contributed by atoms with van der Waals surface area (Å²) in [6.45, 7) is 1.73. The molecule has 108 valence electrons. The number of nitrogens with one attached hydrogen (secondary N) is 1. The molecule has 0 atom stereocenters. The van der Waals surface area contributed by atoms with E-state index < -0.39 is 0 Å². The van der Waals surface area contributed by atoms with Crippen molar-refractivity contribution < 1.29 is 4.79 Å². The first-order valence-electron chi connectivity index (χ1n) is 7.56. The van der Waals surface area contributed by atoms with Crippen LogP contribution in [0.4, 0.5) is 11.4 Å². The topological polar surface area (TPSA) is 32.3 Å². The smallest absolute Gasteiger partial charge is 0.258 e. The van der Waals surface area contributed by atoms with Crippen molar-refractivity contribution in [3.05, 3.63) is 60.2 Å². The van der Waals surface area contributed by atoms with Crippen molar-refractivity contribution in [3.63, 3.8) is 0 Å². The Bertz CT molecular complexity index is 610. The van der Waals surface area contributed by atoms with Gasteiger partial charge < -0.3 is 10.2 Å². The Morgan fingerprint density at radius 2 is 1.67 bits per heavy atom. The van der Waals surface area contributed by atoms with Gasteiger partial charge in [-0.1, -0.05) is 30.3 Å². The predicted molar refractivity (Wildman–Crippen MR) is 86.9 cm³/mol. The van der Waals surface area contributed by atoms with Crippen molar-refractivity contribution in [3.8, 4) is 0 Å². The zero-order chi connectivity index (χ0) is 14.5. The minimum atomic E-state index is 0.0757. The normalized spacial score (nSPS) is 15.1. The van der Waals surface area contributed by atoms with Crippen molar-refractivity contribution in [2.75, 3.05) is 23.3 Å². The maximum absolute atomic E-state index is 12.8. The van der Waals surface area contributed by atoms with E-state index >= 15 is 0 Å². The van der Waals surface area contributed by atoms with Crippen molar-refractivity contribution in [1.82, 2.24) is 0 Å². The number of amides is 1. The van der Waals surface area contributed by atoms with Gasteiger partial charge in [-0.05, 0) is 43.5 Å². The van der Waals surface area contributed by atoms with Crippen LogP contribution in [0.5, 0.6) is 0 Å². The van der Waals surface area contributed by atoms with Gasteiger partial charge >= 0.3 is 0 Å². The molecule has 3 nitrogen and oxygen atoms in total. The molecule has 0 spiro atoms. The monoisotopic (exact) mass is 280 g/mol. The number of fused-ring (bicyclic) bond motifs is 1. The first-order chi connectivity index (χ1) is 10.4. The zero-order valence-electron chi connectivity index (χ0n) is 12.1. The lowest BCUT2D eigenvalue weighted by Crippen LogP contribution is -2.32. The predicted octanol–water partition coefficient (Wildman–Crippen LogP) is 3.93. The molecule has 2 aromatic carbocycles. The van der Waals surface area contributed by atoms with Gasteiger partial charge in [-0.2, -0.15) is 0 Å². The van der Waals surface area contributed by atoms with Crippen molar-refractivity contribution >= 4 is 17.3 Å². The Morgan fingerprint density at radius 1 is 0.905 bits per heavy atom. The number of para-hydroxylation sites is 2. The highest BCUT2D eigenvalue weighted by Crippen LogP contribution is 2.28. The highest BCUT2D eigenvalue weighted by atomic mass is 16.2. The molecule has 0 radical (unpaired) electrons. The van der Waals surface area contributed by atoms with Gasteiger partial charge in [-0.15, -0.1) is 0 Å². The molecule has 1 N–H and O–H groups in total. The Morgan fingerprint density at radius 3 is 2.52 bits per heavy atom. The van der Waals surface area contributed by atoms with Crippen molar-refractivity contribution in [2.24, 2.45) is 0 Å². The maximum Gasteiger partial charge on any atom is 0.258 e. The number of carbonyl (C=O) groups is 1. The highest BCUT2D eigenvalue weighted by molar-refractivity contribution is 6.07. The summed E-state index contributed by atoms with van der Waals surface area (Å²) in [4.78, 5) is 14.7.